The summed E-state index contributed by atoms with van der Waals surface area (Å²) in [5.74, 6) is 1.55. The van der Waals surface area contributed by atoms with Crippen molar-refractivity contribution in [2.45, 2.75) is 0 Å². The van der Waals surface area contributed by atoms with Crippen LogP contribution in [0.4, 0.5) is 0 Å². The van der Waals surface area contributed by atoms with E-state index in [2.05, 4.69) is 16.6 Å². The van der Waals surface area contributed by atoms with Gasteiger partial charge in [-0.05, 0) is 6.72 Å². The Balaban J connectivity index is 1.89. The van der Waals surface area contributed by atoms with Crippen LogP contribution in [0.1, 0.15) is 0 Å². The van der Waals surface area contributed by atoms with Crippen LogP contribution >= 0.6 is 0 Å². The summed E-state index contributed by atoms with van der Waals surface area (Å²) in [6.07, 6.45) is 0. The van der Waals surface area contributed by atoms with Gasteiger partial charge in [-0.15, -0.1) is 0 Å². The summed E-state index contributed by atoms with van der Waals surface area (Å²) in [5, 5.41) is 0. The van der Waals surface area contributed by atoms with Crippen LogP contribution in [0.2, 0.25) is 0 Å². The van der Waals surface area contributed by atoms with E-state index in [1.54, 1.807) is 0 Å². The molecule has 0 aromatic rings. The molecule has 62 valence electrons. The molecule has 0 aliphatic carbocycles. The molecule has 0 saturated carbocycles. The highest BCUT2D eigenvalue weighted by Gasteiger charge is 2.36. The first-order valence-corrected chi connectivity index (χ1v) is 4.12. The predicted molar refractivity (Wildman–Crippen MR) is 43.8 cm³/mol. The van der Waals surface area contributed by atoms with Crippen LogP contribution in [0.5, 0.6) is 0 Å². The van der Waals surface area contributed by atoms with Crippen molar-refractivity contribution in [3.63, 3.8) is 0 Å². The van der Waals surface area contributed by atoms with Crippen molar-refractivity contribution in [1.29, 1.82) is 0 Å². The second kappa shape index (κ2) is 2.91. The summed E-state index contributed by atoms with van der Waals surface area (Å²) < 4.78 is 5.37. The van der Waals surface area contributed by atoms with Gasteiger partial charge in [-0.3, -0.25) is 9.89 Å². The third kappa shape index (κ3) is 1.30. The maximum absolute atomic E-state index is 5.37. The predicted octanol–water partition coefficient (Wildman–Crippen LogP) is 0.223. The van der Waals surface area contributed by atoms with Crippen LogP contribution in [0.15, 0.2) is 4.99 Å². The van der Waals surface area contributed by atoms with Crippen LogP contribution in [0.3, 0.4) is 0 Å². The molecule has 3 heteroatoms. The van der Waals surface area contributed by atoms with Gasteiger partial charge in [0.25, 0.3) is 0 Å². The molecule has 2 aliphatic rings. The minimum Gasteiger partial charge on any atom is -0.381 e. The van der Waals surface area contributed by atoms with Gasteiger partial charge in [0, 0.05) is 24.9 Å². The Morgan fingerprint density at radius 1 is 1.36 bits per heavy atom. The number of hydrogen-bond donors (Lipinski definition) is 0. The number of ether oxygens (including phenoxy) is 1. The minimum atomic E-state index is 0.775. The van der Waals surface area contributed by atoms with Gasteiger partial charge < -0.3 is 4.74 Å². The normalized spacial score (nSPS) is 37.5. The summed E-state index contributed by atoms with van der Waals surface area (Å²) in [7, 11) is 0. The Kier molecular flexibility index (Phi) is 1.92. The van der Waals surface area contributed by atoms with Gasteiger partial charge in [0.1, 0.15) is 0 Å². The summed E-state index contributed by atoms with van der Waals surface area (Å²) in [4.78, 5) is 6.23. The van der Waals surface area contributed by atoms with Gasteiger partial charge in [-0.25, -0.2) is 0 Å². The van der Waals surface area contributed by atoms with E-state index in [1.165, 1.54) is 0 Å². The van der Waals surface area contributed by atoms with Gasteiger partial charge in [-0.2, -0.15) is 0 Å². The van der Waals surface area contributed by atoms with E-state index in [1.807, 2.05) is 0 Å². The molecule has 0 N–H and O–H groups in total. The molecule has 2 fully saturated rings. The summed E-state index contributed by atoms with van der Waals surface area (Å²) in [6, 6.07) is 0. The molecule has 0 aromatic carbocycles. The van der Waals surface area contributed by atoms with Crippen molar-refractivity contribution >= 4 is 6.72 Å². The van der Waals surface area contributed by atoms with E-state index < -0.39 is 0 Å². The molecule has 0 bridgehead atoms. The molecule has 0 radical (unpaired) electrons. The quantitative estimate of drug-likeness (QED) is 0.532. The number of fused-ring (bicyclic) bond motifs is 1. The van der Waals surface area contributed by atoms with Gasteiger partial charge in [0.2, 0.25) is 0 Å². The van der Waals surface area contributed by atoms with E-state index in [0.29, 0.717) is 0 Å². The third-order valence-corrected chi connectivity index (χ3v) is 2.62. The number of aliphatic imine (C=N–C) groups is 1. The maximum atomic E-state index is 5.37. The van der Waals surface area contributed by atoms with E-state index in [-0.39, 0.29) is 0 Å². The Hall–Kier alpha value is -0.410. The first kappa shape index (κ1) is 7.25. The first-order chi connectivity index (χ1) is 5.40. The van der Waals surface area contributed by atoms with Crippen molar-refractivity contribution < 1.29 is 4.74 Å². The van der Waals surface area contributed by atoms with Gasteiger partial charge >= 0.3 is 0 Å². The Morgan fingerprint density at radius 3 is 2.55 bits per heavy atom. The lowest BCUT2D eigenvalue weighted by atomic mass is 10.0. The summed E-state index contributed by atoms with van der Waals surface area (Å²) in [5.41, 5.74) is 0. The molecule has 11 heavy (non-hydrogen) atoms. The molecular formula is C8H14N2O. The van der Waals surface area contributed by atoms with Crippen LogP contribution in [-0.4, -0.2) is 44.6 Å². The largest absolute Gasteiger partial charge is 0.381 e. The van der Waals surface area contributed by atoms with E-state index in [0.717, 1.165) is 44.8 Å². The lowest BCUT2D eigenvalue weighted by Crippen LogP contribution is -2.22. The second-order valence-electron chi connectivity index (χ2n) is 3.46. The van der Waals surface area contributed by atoms with E-state index >= 15 is 0 Å². The van der Waals surface area contributed by atoms with Crippen LogP contribution in [0.25, 0.3) is 0 Å². The molecule has 2 aliphatic heterocycles. The summed E-state index contributed by atoms with van der Waals surface area (Å²) >= 11 is 0. The molecule has 0 amide bonds. The number of hydrogen-bond acceptors (Lipinski definition) is 3. The molecule has 2 unspecified atom stereocenters. The second-order valence-corrected chi connectivity index (χ2v) is 3.46. The first-order valence-electron chi connectivity index (χ1n) is 4.12. The molecule has 2 saturated heterocycles. The average Bonchev–Trinajstić information content (AvgIpc) is 2.46. The highest BCUT2D eigenvalue weighted by molar-refractivity contribution is 5.23. The van der Waals surface area contributed by atoms with Crippen LogP contribution in [-0.2, 0) is 4.74 Å². The Morgan fingerprint density at radius 2 is 2.00 bits per heavy atom. The highest BCUT2D eigenvalue weighted by atomic mass is 16.5. The fourth-order valence-electron chi connectivity index (χ4n) is 2.04. The number of rotatable bonds is 2. The molecule has 0 aromatic heterocycles. The monoisotopic (exact) mass is 154 g/mol. The topological polar surface area (TPSA) is 24.8 Å². The van der Waals surface area contributed by atoms with Crippen molar-refractivity contribution in [3.8, 4) is 0 Å². The van der Waals surface area contributed by atoms with Crippen molar-refractivity contribution in [1.82, 2.24) is 4.90 Å². The highest BCUT2D eigenvalue weighted by Crippen LogP contribution is 2.28. The summed E-state index contributed by atoms with van der Waals surface area (Å²) in [6.45, 7) is 8.52. The number of likely N-dealkylation sites (tertiary alicyclic amines) is 1. The molecule has 2 rings (SSSR count). The van der Waals surface area contributed by atoms with Gasteiger partial charge in [-0.1, -0.05) is 0 Å². The van der Waals surface area contributed by atoms with Crippen molar-refractivity contribution in [3.05, 3.63) is 0 Å². The lowest BCUT2D eigenvalue weighted by molar-refractivity contribution is 0.155. The Labute approximate surface area is 67.1 Å². The molecular weight excluding hydrogens is 140 g/mol. The standard InChI is InChI=1S/C8H14N2O/c1-9-6-10-2-7-4-11-5-8(7)3-10/h7-8H,1-6H2. The number of nitrogens with zero attached hydrogens (tertiary/aromatic N) is 2. The fraction of sp³-hybridized carbons (Fsp3) is 0.875. The van der Waals surface area contributed by atoms with Gasteiger partial charge in [0.05, 0.1) is 19.9 Å². The Bertz CT molecular complexity index is 148. The van der Waals surface area contributed by atoms with Gasteiger partial charge in [0.15, 0.2) is 0 Å². The zero-order chi connectivity index (χ0) is 7.68. The average molecular weight is 154 g/mol. The minimum absolute atomic E-state index is 0.775. The zero-order valence-corrected chi connectivity index (χ0v) is 6.70. The smallest absolute Gasteiger partial charge is 0.0902 e. The van der Waals surface area contributed by atoms with E-state index in [4.69, 9.17) is 4.74 Å². The third-order valence-electron chi connectivity index (χ3n) is 2.62. The van der Waals surface area contributed by atoms with Crippen molar-refractivity contribution in [2.75, 3.05) is 33.0 Å². The van der Waals surface area contributed by atoms with Crippen LogP contribution in [0, 0.1) is 11.8 Å². The zero-order valence-electron chi connectivity index (χ0n) is 6.70. The SMILES string of the molecule is C=NCN1CC2COCC2C1. The van der Waals surface area contributed by atoms with Crippen LogP contribution < -0.4 is 0 Å². The van der Waals surface area contributed by atoms with Crippen molar-refractivity contribution in [2.24, 2.45) is 16.8 Å². The molecule has 2 atom stereocenters. The van der Waals surface area contributed by atoms with E-state index in [9.17, 15) is 0 Å². The fourth-order valence-corrected chi connectivity index (χ4v) is 2.04. The molecule has 2 heterocycles. The maximum Gasteiger partial charge on any atom is 0.0902 e. The lowest BCUT2D eigenvalue weighted by Gasteiger charge is -2.12. The molecule has 0 spiro atoms. The molecule has 3 nitrogen and oxygen atoms in total.